The number of carbonyl (C=O) groups is 1. The first-order valence-electron chi connectivity index (χ1n) is 11.8. The third-order valence-electron chi connectivity index (χ3n) is 6.38. The molecule has 0 spiro atoms. The van der Waals surface area contributed by atoms with E-state index < -0.39 is 0 Å². The number of piperazine rings is 1. The fourth-order valence-corrected chi connectivity index (χ4v) is 5.70. The Bertz CT molecular complexity index is 1150. The zero-order valence-corrected chi connectivity index (χ0v) is 20.3. The summed E-state index contributed by atoms with van der Waals surface area (Å²) in [6.45, 7) is 6.57. The number of esters is 1. The van der Waals surface area contributed by atoms with Crippen LogP contribution in [-0.2, 0) is 10.5 Å². The first kappa shape index (κ1) is 22.7. The van der Waals surface area contributed by atoms with E-state index >= 15 is 0 Å². The minimum absolute atomic E-state index is 0.304. The van der Waals surface area contributed by atoms with Gasteiger partial charge in [0.05, 0.1) is 6.61 Å². The molecule has 1 fully saturated rings. The Morgan fingerprint density at radius 3 is 2.59 bits per heavy atom. The van der Waals surface area contributed by atoms with Crippen molar-refractivity contribution in [3.05, 3.63) is 95.2 Å². The van der Waals surface area contributed by atoms with E-state index in [2.05, 4.69) is 69.4 Å². The van der Waals surface area contributed by atoms with Crippen molar-refractivity contribution in [2.24, 2.45) is 0 Å². The highest BCUT2D eigenvalue weighted by Crippen LogP contribution is 2.39. The maximum atomic E-state index is 12.4. The molecule has 0 bridgehead atoms. The predicted molar refractivity (Wildman–Crippen MR) is 138 cm³/mol. The van der Waals surface area contributed by atoms with Gasteiger partial charge in [0.25, 0.3) is 0 Å². The summed E-state index contributed by atoms with van der Waals surface area (Å²) in [5.41, 5.74) is 5.92. The second-order valence-electron chi connectivity index (χ2n) is 8.44. The number of carbonyl (C=O) groups excluding carboxylic acids is 1. The Labute approximate surface area is 205 Å². The summed E-state index contributed by atoms with van der Waals surface area (Å²) < 4.78 is 5.23. The summed E-state index contributed by atoms with van der Waals surface area (Å²) >= 11 is 1.92. The lowest BCUT2D eigenvalue weighted by atomic mass is 9.94. The van der Waals surface area contributed by atoms with Gasteiger partial charge in [0.1, 0.15) is 11.4 Å². The molecule has 2 aliphatic heterocycles. The fourth-order valence-electron chi connectivity index (χ4n) is 4.62. The van der Waals surface area contributed by atoms with Crippen LogP contribution >= 0.6 is 11.8 Å². The molecule has 2 aromatic carbocycles. The summed E-state index contributed by atoms with van der Waals surface area (Å²) in [4.78, 5) is 22.9. The van der Waals surface area contributed by atoms with Gasteiger partial charge in [-0.1, -0.05) is 48.5 Å². The highest BCUT2D eigenvalue weighted by Gasteiger charge is 2.23. The Kier molecular flexibility index (Phi) is 6.97. The van der Waals surface area contributed by atoms with E-state index in [0.29, 0.717) is 12.2 Å². The van der Waals surface area contributed by atoms with Gasteiger partial charge < -0.3 is 9.64 Å². The molecule has 3 aromatic rings. The van der Waals surface area contributed by atoms with Crippen LogP contribution in [0, 0.1) is 0 Å². The van der Waals surface area contributed by atoms with Crippen molar-refractivity contribution >= 4 is 29.1 Å². The van der Waals surface area contributed by atoms with Gasteiger partial charge in [-0.15, -0.1) is 11.8 Å². The van der Waals surface area contributed by atoms with Crippen LogP contribution in [0.2, 0.25) is 0 Å². The molecule has 0 unspecified atom stereocenters. The van der Waals surface area contributed by atoms with E-state index in [1.54, 1.807) is 18.3 Å². The van der Waals surface area contributed by atoms with Crippen molar-refractivity contribution in [3.8, 4) is 0 Å². The molecular formula is C28H29N3O2S. The Morgan fingerprint density at radius 2 is 1.76 bits per heavy atom. The van der Waals surface area contributed by atoms with Gasteiger partial charge >= 0.3 is 5.97 Å². The van der Waals surface area contributed by atoms with Gasteiger partial charge in [-0.25, -0.2) is 9.78 Å². The van der Waals surface area contributed by atoms with E-state index in [4.69, 9.17) is 4.74 Å². The van der Waals surface area contributed by atoms with Crippen molar-refractivity contribution in [2.75, 3.05) is 44.2 Å². The van der Waals surface area contributed by atoms with Crippen molar-refractivity contribution < 1.29 is 9.53 Å². The molecular weight excluding hydrogens is 442 g/mol. The van der Waals surface area contributed by atoms with Crippen LogP contribution in [0.1, 0.15) is 34.0 Å². The zero-order chi connectivity index (χ0) is 23.3. The van der Waals surface area contributed by atoms with Crippen LogP contribution in [0.5, 0.6) is 0 Å². The number of nitrogens with zero attached hydrogens (tertiary/aromatic N) is 3. The molecule has 1 aromatic heterocycles. The Morgan fingerprint density at radius 1 is 1.00 bits per heavy atom. The number of pyridine rings is 1. The number of hydrogen-bond donors (Lipinski definition) is 0. The summed E-state index contributed by atoms with van der Waals surface area (Å²) in [6, 6.07) is 21.1. The number of anilines is 1. The fraction of sp³-hybridized carbons (Fsp3) is 0.286. The summed E-state index contributed by atoms with van der Waals surface area (Å²) in [5.74, 6) is 1.42. The quantitative estimate of drug-likeness (QED) is 0.482. The molecule has 5 rings (SSSR count). The molecule has 0 amide bonds. The smallest absolute Gasteiger partial charge is 0.341 e. The molecule has 1 saturated heterocycles. The lowest BCUT2D eigenvalue weighted by Crippen LogP contribution is -2.47. The molecule has 2 aliphatic rings. The van der Waals surface area contributed by atoms with E-state index in [-0.39, 0.29) is 5.97 Å². The number of hydrogen-bond acceptors (Lipinski definition) is 6. The molecule has 0 N–H and O–H groups in total. The van der Waals surface area contributed by atoms with Gasteiger partial charge in [-0.2, -0.15) is 0 Å². The summed E-state index contributed by atoms with van der Waals surface area (Å²) in [7, 11) is 0. The minimum atomic E-state index is -0.304. The molecule has 3 heterocycles. The van der Waals surface area contributed by atoms with Gasteiger partial charge in [-0.3, -0.25) is 4.90 Å². The monoisotopic (exact) mass is 471 g/mol. The number of rotatable bonds is 5. The molecule has 34 heavy (non-hydrogen) atoms. The normalized spacial score (nSPS) is 17.1. The highest BCUT2D eigenvalue weighted by atomic mass is 32.2. The lowest BCUT2D eigenvalue weighted by molar-refractivity contribution is 0.0526. The number of thioether (sulfide) groups is 1. The summed E-state index contributed by atoms with van der Waals surface area (Å²) in [6.07, 6.45) is 4.14. The van der Waals surface area contributed by atoms with Crippen molar-refractivity contribution in [2.45, 2.75) is 17.6 Å². The highest BCUT2D eigenvalue weighted by molar-refractivity contribution is 7.98. The van der Waals surface area contributed by atoms with Crippen LogP contribution in [0.3, 0.4) is 0 Å². The van der Waals surface area contributed by atoms with Gasteiger partial charge in [0.15, 0.2) is 0 Å². The lowest BCUT2D eigenvalue weighted by Gasteiger charge is -2.35. The average Bonchev–Trinajstić information content (AvgIpc) is 3.05. The van der Waals surface area contributed by atoms with Gasteiger partial charge in [-0.05, 0) is 47.4 Å². The van der Waals surface area contributed by atoms with Crippen LogP contribution in [0.4, 0.5) is 5.82 Å². The van der Waals surface area contributed by atoms with E-state index in [1.807, 2.05) is 18.7 Å². The number of aromatic nitrogens is 1. The largest absolute Gasteiger partial charge is 0.462 e. The molecule has 6 heteroatoms. The molecule has 5 nitrogen and oxygen atoms in total. The average molecular weight is 472 g/mol. The topological polar surface area (TPSA) is 45.7 Å². The van der Waals surface area contributed by atoms with Crippen LogP contribution in [0.15, 0.2) is 77.8 Å². The first-order chi connectivity index (χ1) is 16.7. The van der Waals surface area contributed by atoms with Crippen molar-refractivity contribution in [3.63, 3.8) is 0 Å². The van der Waals surface area contributed by atoms with E-state index in [0.717, 1.165) is 44.3 Å². The standard InChI is InChI=1S/C28H29N3O2S/c1-2-33-28(32)25-11-7-14-29-27(25)31-18-16-30(17-19-31)15-13-23-22-9-4-3-8-21(22)20-34-26-12-6-5-10-24(23)26/h3-14H,2,15-20H2,1H3. The third-order valence-corrected chi connectivity index (χ3v) is 7.50. The van der Waals surface area contributed by atoms with E-state index in [1.165, 1.54) is 27.2 Å². The van der Waals surface area contributed by atoms with Gasteiger partial charge in [0, 0.05) is 49.6 Å². The first-order valence-corrected chi connectivity index (χ1v) is 12.8. The second-order valence-corrected chi connectivity index (χ2v) is 9.46. The Balaban J connectivity index is 1.32. The number of fused-ring (bicyclic) bond motifs is 2. The third kappa shape index (κ3) is 4.74. The molecule has 0 radical (unpaired) electrons. The van der Waals surface area contributed by atoms with Crippen molar-refractivity contribution in [1.29, 1.82) is 0 Å². The second kappa shape index (κ2) is 10.5. The predicted octanol–water partition coefficient (Wildman–Crippen LogP) is 5.12. The molecule has 0 atom stereocenters. The Hall–Kier alpha value is -3.09. The molecule has 0 saturated carbocycles. The zero-order valence-electron chi connectivity index (χ0n) is 19.4. The number of ether oxygens (including phenoxy) is 1. The van der Waals surface area contributed by atoms with Crippen LogP contribution in [0.25, 0.3) is 5.57 Å². The van der Waals surface area contributed by atoms with Crippen molar-refractivity contribution in [1.82, 2.24) is 9.88 Å². The SMILES string of the molecule is CCOC(=O)c1cccnc1N1CCN(CC=C2c3ccccc3CSc3ccccc32)CC1. The summed E-state index contributed by atoms with van der Waals surface area (Å²) in [5, 5.41) is 0. The maximum absolute atomic E-state index is 12.4. The van der Waals surface area contributed by atoms with E-state index in [9.17, 15) is 4.79 Å². The van der Waals surface area contributed by atoms with Crippen LogP contribution in [-0.4, -0.2) is 55.2 Å². The minimum Gasteiger partial charge on any atom is -0.462 e. The molecule has 0 aliphatic carbocycles. The maximum Gasteiger partial charge on any atom is 0.341 e. The molecule has 174 valence electrons. The van der Waals surface area contributed by atoms with Crippen LogP contribution < -0.4 is 4.90 Å². The number of benzene rings is 2. The van der Waals surface area contributed by atoms with Gasteiger partial charge in [0.2, 0.25) is 0 Å².